The van der Waals surface area contributed by atoms with Crippen LogP contribution in [0.2, 0.25) is 0 Å². The molecule has 214 valence electrons. The van der Waals surface area contributed by atoms with Crippen molar-refractivity contribution in [1.82, 2.24) is 14.8 Å². The van der Waals surface area contributed by atoms with Crippen LogP contribution in [-0.2, 0) is 13.0 Å². The molecule has 39 heavy (non-hydrogen) atoms. The molecule has 0 bridgehead atoms. The molecular formula is C29H36F5N3O2. The molecule has 0 radical (unpaired) electrons. The lowest BCUT2D eigenvalue weighted by Gasteiger charge is -2.41. The average molecular weight is 554 g/mol. The van der Waals surface area contributed by atoms with Crippen molar-refractivity contribution in [3.05, 3.63) is 70.7 Å². The van der Waals surface area contributed by atoms with Gasteiger partial charge >= 0.3 is 0 Å². The van der Waals surface area contributed by atoms with Gasteiger partial charge in [-0.2, -0.15) is 0 Å². The summed E-state index contributed by atoms with van der Waals surface area (Å²) in [6.45, 7) is 5.25. The molecule has 3 atom stereocenters. The maximum absolute atomic E-state index is 14.1. The van der Waals surface area contributed by atoms with Crippen LogP contribution in [0.5, 0.6) is 0 Å². The molecule has 3 heterocycles. The number of halogens is 5. The van der Waals surface area contributed by atoms with Gasteiger partial charge in [0.1, 0.15) is 23.1 Å². The summed E-state index contributed by atoms with van der Waals surface area (Å²) in [5.41, 5.74) is 1.24. The molecule has 1 fully saturated rings. The summed E-state index contributed by atoms with van der Waals surface area (Å²) >= 11 is 0. The van der Waals surface area contributed by atoms with Crippen molar-refractivity contribution >= 4 is 10.9 Å². The van der Waals surface area contributed by atoms with Gasteiger partial charge < -0.3 is 20.1 Å². The third kappa shape index (κ3) is 6.98. The van der Waals surface area contributed by atoms with Gasteiger partial charge in [-0.05, 0) is 56.0 Å². The van der Waals surface area contributed by atoms with Crippen LogP contribution in [0.15, 0.2) is 36.4 Å². The first-order valence-electron chi connectivity index (χ1n) is 13.3. The number of hydrogen-bond donors (Lipinski definition) is 3. The normalized spacial score (nSPS) is 20.6. The number of alkyl halides is 2. The molecule has 10 heteroatoms. The van der Waals surface area contributed by atoms with Crippen LogP contribution in [0, 0.1) is 23.4 Å². The first kappa shape index (κ1) is 29.5. The number of nitrogens with one attached hydrogen (secondary N) is 1. The summed E-state index contributed by atoms with van der Waals surface area (Å²) in [6.07, 6.45) is 0.370. The van der Waals surface area contributed by atoms with Crippen LogP contribution < -0.4 is 0 Å². The van der Waals surface area contributed by atoms with E-state index in [-0.39, 0.29) is 36.6 Å². The number of fused-ring (bicyclic) bond motifs is 3. The smallest absolute Gasteiger partial charge is 0.147 e. The van der Waals surface area contributed by atoms with Crippen molar-refractivity contribution in [2.45, 2.75) is 51.0 Å². The molecule has 0 amide bonds. The fraction of sp³-hybridized carbons (Fsp3) is 0.517. The van der Waals surface area contributed by atoms with E-state index in [1.165, 1.54) is 13.0 Å². The molecular weight excluding hydrogens is 517 g/mol. The first-order valence-corrected chi connectivity index (χ1v) is 13.3. The van der Waals surface area contributed by atoms with Crippen molar-refractivity contribution in [2.24, 2.45) is 5.92 Å². The van der Waals surface area contributed by atoms with E-state index in [9.17, 15) is 27.1 Å². The Kier molecular flexibility index (Phi) is 9.31. The van der Waals surface area contributed by atoms with E-state index in [0.29, 0.717) is 38.1 Å². The number of aromatic amines is 1. The minimum Gasteiger partial charge on any atom is -0.393 e. The molecule has 3 unspecified atom stereocenters. The Morgan fingerprint density at radius 3 is 2.46 bits per heavy atom. The number of hydrogen-bond acceptors (Lipinski definition) is 4. The second-order valence-corrected chi connectivity index (χ2v) is 11.0. The van der Waals surface area contributed by atoms with E-state index in [4.69, 9.17) is 5.11 Å². The van der Waals surface area contributed by atoms with Gasteiger partial charge in [0.15, 0.2) is 0 Å². The Morgan fingerprint density at radius 2 is 1.82 bits per heavy atom. The summed E-state index contributed by atoms with van der Waals surface area (Å²) in [6, 6.07) is 8.31. The molecule has 0 aliphatic carbocycles. The maximum atomic E-state index is 14.1. The lowest BCUT2D eigenvalue weighted by atomic mass is 9.89. The zero-order chi connectivity index (χ0) is 28.3. The van der Waals surface area contributed by atoms with Crippen LogP contribution in [0.25, 0.3) is 10.9 Å². The van der Waals surface area contributed by atoms with Gasteiger partial charge in [-0.1, -0.05) is 12.1 Å². The molecule has 3 aromatic rings. The van der Waals surface area contributed by atoms with Gasteiger partial charge in [0.25, 0.3) is 0 Å². The Bertz CT molecular complexity index is 1240. The molecule has 2 aromatic carbocycles. The topological polar surface area (TPSA) is 62.7 Å². The molecule has 3 N–H and O–H groups in total. The summed E-state index contributed by atoms with van der Waals surface area (Å²) in [5.74, 6) is -1.66. The quantitative estimate of drug-likeness (QED) is 0.341. The highest BCUT2D eigenvalue weighted by atomic mass is 19.2. The molecule has 5 nitrogen and oxygen atoms in total. The van der Waals surface area contributed by atoms with Crippen LogP contribution in [0.1, 0.15) is 43.2 Å². The number of H-pyrrole nitrogens is 1. The predicted octanol–water partition coefficient (Wildman–Crippen LogP) is 5.06. The number of para-hydroxylation sites is 1. The van der Waals surface area contributed by atoms with Crippen molar-refractivity contribution in [1.29, 1.82) is 0 Å². The maximum Gasteiger partial charge on any atom is 0.147 e. The van der Waals surface area contributed by atoms with Gasteiger partial charge in [0, 0.05) is 61.8 Å². The Hall–Kier alpha value is -2.53. The van der Waals surface area contributed by atoms with E-state index < -0.39 is 30.0 Å². The Balaban J connectivity index is 0.000000183. The summed E-state index contributed by atoms with van der Waals surface area (Å²) in [4.78, 5) is 7.15. The highest BCUT2D eigenvalue weighted by Crippen LogP contribution is 2.33. The third-order valence-electron chi connectivity index (χ3n) is 7.59. The number of benzene rings is 2. The third-order valence-corrected chi connectivity index (χ3v) is 7.59. The standard InChI is InChI=1S/C16H20F2N2O.C13H16F3NO/c1-10-6-12-11-4-3-5-13(17)15(11)19-14(12)7-20(10)8-16(2,18)9-21;14-2-1-3-17-7-10(8-17)13(18)9-4-11(15)6-12(16)5-9/h3-5,10,19,21H,6-9H2,1-2H3;4-6,10,13,18H,1-3,7-8H2. The van der Waals surface area contributed by atoms with Crippen LogP contribution in [0.4, 0.5) is 22.0 Å². The molecule has 1 saturated heterocycles. The SMILES string of the molecule is CC1Cc2c([nH]c3c(F)cccc23)CN1CC(C)(F)CO.OC(c1cc(F)cc(F)c1)C1CN(CCCF)C1. The minimum absolute atomic E-state index is 0.0363. The summed E-state index contributed by atoms with van der Waals surface area (Å²) in [5, 5.41) is 20.0. The lowest BCUT2D eigenvalue weighted by molar-refractivity contribution is -0.00635. The monoisotopic (exact) mass is 553 g/mol. The van der Waals surface area contributed by atoms with Crippen molar-refractivity contribution in [3.8, 4) is 0 Å². The molecule has 2 aliphatic heterocycles. The Morgan fingerprint density at radius 1 is 1.13 bits per heavy atom. The molecule has 0 spiro atoms. The zero-order valence-corrected chi connectivity index (χ0v) is 22.2. The number of aliphatic hydroxyl groups is 2. The number of nitrogens with zero attached hydrogens (tertiary/aromatic N) is 2. The second kappa shape index (κ2) is 12.3. The largest absolute Gasteiger partial charge is 0.393 e. The molecule has 5 rings (SSSR count). The van der Waals surface area contributed by atoms with E-state index >= 15 is 0 Å². The van der Waals surface area contributed by atoms with Gasteiger partial charge in [-0.15, -0.1) is 0 Å². The van der Waals surface area contributed by atoms with E-state index in [0.717, 1.165) is 41.3 Å². The molecule has 0 saturated carbocycles. The summed E-state index contributed by atoms with van der Waals surface area (Å²) < 4.78 is 65.9. The van der Waals surface area contributed by atoms with Crippen molar-refractivity contribution in [2.75, 3.05) is 39.5 Å². The number of aromatic nitrogens is 1. The van der Waals surface area contributed by atoms with E-state index in [1.807, 2.05) is 22.8 Å². The fourth-order valence-electron chi connectivity index (χ4n) is 5.42. The number of likely N-dealkylation sites (tertiary alicyclic amines) is 1. The van der Waals surface area contributed by atoms with Gasteiger partial charge in [0.05, 0.1) is 24.9 Å². The average Bonchev–Trinajstić information content (AvgIpc) is 3.21. The van der Waals surface area contributed by atoms with Gasteiger partial charge in [-0.25, -0.2) is 17.6 Å². The van der Waals surface area contributed by atoms with E-state index in [1.54, 1.807) is 6.07 Å². The first-order chi connectivity index (χ1) is 18.5. The van der Waals surface area contributed by atoms with Gasteiger partial charge in [0.2, 0.25) is 0 Å². The number of rotatable bonds is 8. The fourth-order valence-corrected chi connectivity index (χ4v) is 5.42. The van der Waals surface area contributed by atoms with Crippen LogP contribution in [0.3, 0.4) is 0 Å². The van der Waals surface area contributed by atoms with Gasteiger partial charge in [-0.3, -0.25) is 9.29 Å². The Labute approximate surface area is 225 Å². The molecule has 1 aromatic heterocycles. The van der Waals surface area contributed by atoms with Crippen LogP contribution >= 0.6 is 0 Å². The van der Waals surface area contributed by atoms with E-state index in [2.05, 4.69) is 4.98 Å². The zero-order valence-electron chi connectivity index (χ0n) is 22.2. The highest BCUT2D eigenvalue weighted by Gasteiger charge is 2.34. The summed E-state index contributed by atoms with van der Waals surface area (Å²) in [7, 11) is 0. The number of aliphatic hydroxyl groups excluding tert-OH is 2. The molecule has 2 aliphatic rings. The van der Waals surface area contributed by atoms with Crippen LogP contribution in [-0.4, -0.2) is 76.2 Å². The predicted molar refractivity (Wildman–Crippen MR) is 140 cm³/mol. The second-order valence-electron chi connectivity index (χ2n) is 11.0. The van der Waals surface area contributed by atoms with Crippen molar-refractivity contribution in [3.63, 3.8) is 0 Å². The highest BCUT2D eigenvalue weighted by molar-refractivity contribution is 5.85. The lowest BCUT2D eigenvalue weighted by Crippen LogP contribution is -2.49. The van der Waals surface area contributed by atoms with Crippen molar-refractivity contribution < 1.29 is 32.2 Å². The minimum atomic E-state index is -1.62.